The lowest BCUT2D eigenvalue weighted by atomic mass is 9.77. The second kappa shape index (κ2) is 9.45. The first-order chi connectivity index (χ1) is 18.7. The van der Waals surface area contributed by atoms with Gasteiger partial charge in [-0.1, -0.05) is 66.7 Å². The summed E-state index contributed by atoms with van der Waals surface area (Å²) in [7, 11) is 0. The van der Waals surface area contributed by atoms with Crippen molar-refractivity contribution in [2.24, 2.45) is 0 Å². The molecule has 7 rings (SSSR count). The Morgan fingerprint density at radius 1 is 0.842 bits per heavy atom. The highest BCUT2D eigenvalue weighted by molar-refractivity contribution is 6.09. The molecule has 5 aromatic carbocycles. The third-order valence-corrected chi connectivity index (χ3v) is 8.60. The Morgan fingerprint density at radius 3 is 2.50 bits per heavy atom. The van der Waals surface area contributed by atoms with Crippen LogP contribution in [0.1, 0.15) is 36.0 Å². The smallest absolute Gasteiger partial charge is 0.221 e. The van der Waals surface area contributed by atoms with Crippen LogP contribution in [0.3, 0.4) is 0 Å². The Bertz CT molecular complexity index is 1700. The van der Waals surface area contributed by atoms with E-state index >= 15 is 0 Å². The number of carbonyl (C=O) groups is 1. The number of carbonyl (C=O) groups excluding carboxylic acids is 1. The maximum absolute atomic E-state index is 12.1. The predicted molar refractivity (Wildman–Crippen MR) is 160 cm³/mol. The first-order valence-electron chi connectivity index (χ1n) is 13.9. The number of amides is 1. The normalized spacial score (nSPS) is 17.6. The van der Waals surface area contributed by atoms with Crippen LogP contribution in [0, 0.1) is 0 Å². The number of nitrogens with zero attached hydrogens (tertiary/aromatic N) is 1. The summed E-state index contributed by atoms with van der Waals surface area (Å²) in [6, 6.07) is 29.1. The molecule has 38 heavy (non-hydrogen) atoms. The van der Waals surface area contributed by atoms with Crippen LogP contribution >= 0.6 is 0 Å². The number of hydrogen-bond donors (Lipinski definition) is 2. The number of hydrogen-bond acceptors (Lipinski definition) is 3. The van der Waals surface area contributed by atoms with Crippen molar-refractivity contribution in [2.45, 2.75) is 32.1 Å². The Morgan fingerprint density at radius 2 is 1.63 bits per heavy atom. The van der Waals surface area contributed by atoms with Gasteiger partial charge in [0, 0.05) is 44.2 Å². The fourth-order valence-corrected chi connectivity index (χ4v) is 6.74. The molecule has 1 aliphatic heterocycles. The zero-order chi connectivity index (χ0) is 25.6. The minimum atomic E-state index is -0.0169. The summed E-state index contributed by atoms with van der Waals surface area (Å²) in [5.74, 6) is 0.366. The molecule has 0 bridgehead atoms. The molecule has 0 radical (unpaired) electrons. The average Bonchev–Trinajstić information content (AvgIpc) is 2.96. The molecule has 2 aliphatic rings. The van der Waals surface area contributed by atoms with Crippen molar-refractivity contribution >= 4 is 49.6 Å². The van der Waals surface area contributed by atoms with E-state index in [0.29, 0.717) is 5.92 Å². The molecular weight excluding hydrogens is 466 g/mol. The highest BCUT2D eigenvalue weighted by Gasteiger charge is 2.25. The molecule has 0 saturated carbocycles. The van der Waals surface area contributed by atoms with Crippen molar-refractivity contribution in [3.63, 3.8) is 0 Å². The monoisotopic (exact) mass is 499 g/mol. The van der Waals surface area contributed by atoms with Crippen LogP contribution in [0.2, 0.25) is 0 Å². The van der Waals surface area contributed by atoms with Gasteiger partial charge in [0.2, 0.25) is 5.91 Å². The van der Waals surface area contributed by atoms with Crippen LogP contribution in [-0.4, -0.2) is 32.1 Å². The van der Waals surface area contributed by atoms with Crippen molar-refractivity contribution in [1.29, 1.82) is 0 Å². The highest BCUT2D eigenvalue weighted by atomic mass is 16.1. The van der Waals surface area contributed by atoms with Crippen LogP contribution in [-0.2, 0) is 17.6 Å². The number of piperazine rings is 1. The summed E-state index contributed by atoms with van der Waals surface area (Å²) >= 11 is 0. The molecule has 5 aromatic rings. The number of nitrogens with one attached hydrogen (secondary N) is 2. The van der Waals surface area contributed by atoms with E-state index in [-0.39, 0.29) is 5.91 Å². The van der Waals surface area contributed by atoms with E-state index in [9.17, 15) is 4.79 Å². The highest BCUT2D eigenvalue weighted by Crippen LogP contribution is 2.42. The molecule has 1 aliphatic carbocycles. The lowest BCUT2D eigenvalue weighted by molar-refractivity contribution is -0.114. The Labute approximate surface area is 223 Å². The van der Waals surface area contributed by atoms with E-state index in [1.807, 2.05) is 0 Å². The van der Waals surface area contributed by atoms with Gasteiger partial charge in [0.05, 0.1) is 5.69 Å². The molecule has 1 atom stereocenters. The van der Waals surface area contributed by atoms with Crippen LogP contribution in [0.25, 0.3) is 32.3 Å². The van der Waals surface area contributed by atoms with Crippen LogP contribution in [0.5, 0.6) is 0 Å². The van der Waals surface area contributed by atoms with Crippen molar-refractivity contribution in [2.75, 3.05) is 36.4 Å². The summed E-state index contributed by atoms with van der Waals surface area (Å²) < 4.78 is 0. The van der Waals surface area contributed by atoms with E-state index in [1.165, 1.54) is 43.9 Å². The second-order valence-electron chi connectivity index (χ2n) is 10.9. The van der Waals surface area contributed by atoms with E-state index in [2.05, 4.69) is 94.4 Å². The number of rotatable bonds is 3. The maximum Gasteiger partial charge on any atom is 0.221 e. The molecule has 1 amide bonds. The number of fused-ring (bicyclic) bond motifs is 6. The SMILES string of the molecule is CC(=O)Nc1c(C2CCc3c(ccc4c3ccc3cc(N5CCNCC5)ccc34)C2)ccc2ccccc12. The molecular formula is C34H33N3O. The molecule has 4 heteroatoms. The second-order valence-corrected chi connectivity index (χ2v) is 10.9. The van der Waals surface area contributed by atoms with E-state index in [0.717, 1.165) is 61.9 Å². The van der Waals surface area contributed by atoms with Gasteiger partial charge in [-0.15, -0.1) is 0 Å². The summed E-state index contributed by atoms with van der Waals surface area (Å²) in [4.78, 5) is 14.6. The summed E-state index contributed by atoms with van der Waals surface area (Å²) in [6.45, 7) is 5.83. The quantitative estimate of drug-likeness (QED) is 0.269. The van der Waals surface area contributed by atoms with Crippen molar-refractivity contribution in [3.05, 3.63) is 95.6 Å². The number of anilines is 2. The molecule has 1 fully saturated rings. The van der Waals surface area contributed by atoms with Crippen LogP contribution in [0.15, 0.2) is 78.9 Å². The number of aryl methyl sites for hydroxylation is 1. The van der Waals surface area contributed by atoms with E-state index in [4.69, 9.17) is 0 Å². The lowest BCUT2D eigenvalue weighted by Crippen LogP contribution is -2.43. The Hall–Kier alpha value is -3.89. The molecule has 0 spiro atoms. The minimum absolute atomic E-state index is 0.0169. The van der Waals surface area contributed by atoms with Gasteiger partial charge < -0.3 is 15.5 Å². The fourth-order valence-electron chi connectivity index (χ4n) is 6.74. The molecule has 2 N–H and O–H groups in total. The zero-order valence-electron chi connectivity index (χ0n) is 21.9. The fraction of sp³-hybridized carbons (Fsp3) is 0.265. The zero-order valence-corrected chi connectivity index (χ0v) is 21.9. The van der Waals surface area contributed by atoms with Crippen molar-refractivity contribution < 1.29 is 4.79 Å². The topological polar surface area (TPSA) is 44.4 Å². The average molecular weight is 500 g/mol. The van der Waals surface area contributed by atoms with Crippen molar-refractivity contribution in [3.8, 4) is 0 Å². The van der Waals surface area contributed by atoms with Crippen LogP contribution < -0.4 is 15.5 Å². The largest absolute Gasteiger partial charge is 0.369 e. The first-order valence-corrected chi connectivity index (χ1v) is 13.9. The van der Waals surface area contributed by atoms with E-state index in [1.54, 1.807) is 6.92 Å². The molecule has 190 valence electrons. The summed E-state index contributed by atoms with van der Waals surface area (Å²) in [5.41, 5.74) is 6.49. The van der Waals surface area contributed by atoms with Gasteiger partial charge in [-0.05, 0) is 80.9 Å². The van der Waals surface area contributed by atoms with Gasteiger partial charge in [0.25, 0.3) is 0 Å². The van der Waals surface area contributed by atoms with Gasteiger partial charge in [-0.2, -0.15) is 0 Å². The molecule has 4 nitrogen and oxygen atoms in total. The molecule has 1 heterocycles. The Kier molecular flexibility index (Phi) is 5.78. The maximum atomic E-state index is 12.1. The van der Waals surface area contributed by atoms with E-state index < -0.39 is 0 Å². The van der Waals surface area contributed by atoms with Crippen molar-refractivity contribution in [1.82, 2.24) is 5.32 Å². The third-order valence-electron chi connectivity index (χ3n) is 8.60. The predicted octanol–water partition coefficient (Wildman–Crippen LogP) is 6.79. The number of benzene rings is 5. The molecule has 1 saturated heterocycles. The lowest BCUT2D eigenvalue weighted by Gasteiger charge is -2.30. The summed E-state index contributed by atoms with van der Waals surface area (Å²) in [5, 5.41) is 14.3. The summed E-state index contributed by atoms with van der Waals surface area (Å²) in [6.07, 6.45) is 3.13. The molecule has 1 unspecified atom stereocenters. The van der Waals surface area contributed by atoms with Gasteiger partial charge in [0.15, 0.2) is 0 Å². The Balaban J connectivity index is 1.25. The standard InChI is InChI=1S/C34H33N3O/c1-22(38)36-34-30-5-3-2-4-23(30)6-12-31(34)25-7-11-28-24(20-25)8-13-33-29-15-10-27(37-18-16-35-17-19-37)21-26(29)9-14-32(28)33/h2-6,8-10,12-15,21,25,35H,7,11,16-20H2,1H3,(H,36,38). The first kappa shape index (κ1) is 23.2. The van der Waals surface area contributed by atoms with Crippen LogP contribution in [0.4, 0.5) is 11.4 Å². The molecule has 0 aromatic heterocycles. The van der Waals surface area contributed by atoms with Gasteiger partial charge in [-0.3, -0.25) is 4.79 Å². The third kappa shape index (κ3) is 4.00. The van der Waals surface area contributed by atoms with Gasteiger partial charge in [-0.25, -0.2) is 0 Å². The minimum Gasteiger partial charge on any atom is -0.369 e. The van der Waals surface area contributed by atoms with Gasteiger partial charge in [0.1, 0.15) is 0 Å². The van der Waals surface area contributed by atoms with Gasteiger partial charge >= 0.3 is 0 Å².